The van der Waals surface area contributed by atoms with Gasteiger partial charge in [0.1, 0.15) is 0 Å². The number of thioether (sulfide) groups is 1. The molecule has 1 aromatic heterocycles. The molecule has 0 bridgehead atoms. The molecular formula is C30H25NS2. The Hall–Kier alpha value is -3.01. The topological polar surface area (TPSA) is 3.24 Å². The van der Waals surface area contributed by atoms with Crippen molar-refractivity contribution in [1.29, 1.82) is 0 Å². The first-order valence-corrected chi connectivity index (χ1v) is 13.2. The minimum absolute atomic E-state index is 0.965. The maximum atomic E-state index is 2.43. The summed E-state index contributed by atoms with van der Waals surface area (Å²) in [4.78, 5) is 5.17. The van der Waals surface area contributed by atoms with E-state index in [1.165, 1.54) is 57.7 Å². The van der Waals surface area contributed by atoms with Crippen molar-refractivity contribution >= 4 is 66.5 Å². The third-order valence-corrected chi connectivity index (χ3v) is 8.94. The molecule has 1 aliphatic rings. The maximum absolute atomic E-state index is 2.43. The van der Waals surface area contributed by atoms with Gasteiger partial charge >= 0.3 is 0 Å². The number of fused-ring (bicyclic) bond motifs is 6. The standard InChI is InChI=1S/C30H25NS2/c1-3-22-25-18-16-20-10-5-7-12-23(20)29(25)32-27(22)14-9-15-28-31(4-2)26-19-17-21-11-6-8-13-24(21)30(26)33-28/h5-19H,3-4H2,1-2H3/b14-9+,28-15+. The summed E-state index contributed by atoms with van der Waals surface area (Å²) in [6, 6.07) is 26.5. The zero-order valence-corrected chi connectivity index (χ0v) is 20.5. The summed E-state index contributed by atoms with van der Waals surface area (Å²) in [5.41, 5.74) is 2.78. The Morgan fingerprint density at radius 3 is 2.30 bits per heavy atom. The van der Waals surface area contributed by atoms with Crippen LogP contribution in [0.4, 0.5) is 5.69 Å². The van der Waals surface area contributed by atoms with Crippen LogP contribution in [0.15, 0.2) is 94.9 Å². The second-order valence-electron chi connectivity index (χ2n) is 8.31. The first kappa shape index (κ1) is 20.6. The predicted molar refractivity (Wildman–Crippen MR) is 149 cm³/mol. The van der Waals surface area contributed by atoms with Crippen LogP contribution in [0.5, 0.6) is 0 Å². The summed E-state index contributed by atoms with van der Waals surface area (Å²) in [6.07, 6.45) is 7.87. The Labute approximate surface area is 203 Å². The van der Waals surface area contributed by atoms with E-state index in [4.69, 9.17) is 0 Å². The number of hydrogen-bond acceptors (Lipinski definition) is 3. The molecule has 0 saturated heterocycles. The molecule has 0 saturated carbocycles. The van der Waals surface area contributed by atoms with E-state index in [9.17, 15) is 0 Å². The van der Waals surface area contributed by atoms with Gasteiger partial charge in [0.15, 0.2) is 0 Å². The zero-order valence-electron chi connectivity index (χ0n) is 18.8. The molecular weight excluding hydrogens is 438 g/mol. The Bertz CT molecular complexity index is 1570. The summed E-state index contributed by atoms with van der Waals surface area (Å²) >= 11 is 3.81. The molecule has 2 heterocycles. The van der Waals surface area contributed by atoms with Gasteiger partial charge in [0.25, 0.3) is 0 Å². The van der Waals surface area contributed by atoms with Gasteiger partial charge in [-0.2, -0.15) is 0 Å². The van der Waals surface area contributed by atoms with E-state index < -0.39 is 0 Å². The van der Waals surface area contributed by atoms with Gasteiger partial charge in [0.05, 0.1) is 10.7 Å². The summed E-state index contributed by atoms with van der Waals surface area (Å²) < 4.78 is 1.40. The highest BCUT2D eigenvalue weighted by molar-refractivity contribution is 8.04. The minimum Gasteiger partial charge on any atom is -0.335 e. The largest absolute Gasteiger partial charge is 0.335 e. The van der Waals surface area contributed by atoms with Crippen LogP contribution in [0.25, 0.3) is 37.7 Å². The maximum Gasteiger partial charge on any atom is 0.0801 e. The smallest absolute Gasteiger partial charge is 0.0801 e. The second kappa shape index (κ2) is 8.40. The normalized spacial score (nSPS) is 15.0. The SMILES string of the molecule is CCc1c(/C=C/C=C2/Sc3c(ccc4ccccc34)N2CC)sc2c1ccc1ccccc12. The predicted octanol–water partition coefficient (Wildman–Crippen LogP) is 9.26. The van der Waals surface area contributed by atoms with Crippen LogP contribution in [0.3, 0.4) is 0 Å². The van der Waals surface area contributed by atoms with Crippen LogP contribution in [0.1, 0.15) is 24.3 Å². The van der Waals surface area contributed by atoms with Crippen molar-refractivity contribution in [2.75, 3.05) is 11.4 Å². The van der Waals surface area contributed by atoms with Crippen molar-refractivity contribution in [3.63, 3.8) is 0 Å². The number of allylic oxidation sites excluding steroid dienone is 2. The van der Waals surface area contributed by atoms with Gasteiger partial charge < -0.3 is 4.90 Å². The van der Waals surface area contributed by atoms with Crippen LogP contribution in [-0.4, -0.2) is 6.54 Å². The number of thiophene rings is 1. The fraction of sp³-hybridized carbons (Fsp3) is 0.133. The number of aryl methyl sites for hydroxylation is 1. The molecule has 1 aliphatic heterocycles. The number of hydrogen-bond donors (Lipinski definition) is 0. The number of nitrogens with zero attached hydrogens (tertiary/aromatic N) is 1. The Morgan fingerprint density at radius 1 is 0.788 bits per heavy atom. The molecule has 0 fully saturated rings. The van der Waals surface area contributed by atoms with Gasteiger partial charge in [0.2, 0.25) is 0 Å². The Balaban J connectivity index is 1.39. The van der Waals surface area contributed by atoms with E-state index in [1.54, 1.807) is 0 Å². The minimum atomic E-state index is 0.965. The van der Waals surface area contributed by atoms with Gasteiger partial charge in [-0.05, 0) is 64.1 Å². The highest BCUT2D eigenvalue weighted by atomic mass is 32.2. The lowest BCUT2D eigenvalue weighted by Crippen LogP contribution is -2.16. The fourth-order valence-electron chi connectivity index (χ4n) is 4.89. The molecule has 0 radical (unpaired) electrons. The first-order valence-electron chi connectivity index (χ1n) is 11.6. The van der Waals surface area contributed by atoms with Gasteiger partial charge in [-0.15, -0.1) is 11.3 Å². The lowest BCUT2D eigenvalue weighted by molar-refractivity contribution is 1.01. The van der Waals surface area contributed by atoms with Gasteiger partial charge in [-0.3, -0.25) is 0 Å². The Kier molecular flexibility index (Phi) is 5.24. The van der Waals surface area contributed by atoms with Crippen LogP contribution >= 0.6 is 23.1 Å². The number of anilines is 1. The molecule has 3 heteroatoms. The van der Waals surface area contributed by atoms with Gasteiger partial charge in [0, 0.05) is 21.0 Å². The highest BCUT2D eigenvalue weighted by Crippen LogP contribution is 2.49. The van der Waals surface area contributed by atoms with Crippen LogP contribution in [0, 0.1) is 0 Å². The average molecular weight is 464 g/mol. The monoisotopic (exact) mass is 463 g/mol. The second-order valence-corrected chi connectivity index (χ2v) is 10.4. The van der Waals surface area contributed by atoms with E-state index in [0.717, 1.165) is 13.0 Å². The Morgan fingerprint density at radius 2 is 1.52 bits per heavy atom. The molecule has 4 aromatic carbocycles. The van der Waals surface area contributed by atoms with Crippen molar-refractivity contribution in [3.8, 4) is 0 Å². The van der Waals surface area contributed by atoms with Crippen molar-refractivity contribution in [3.05, 3.63) is 100 Å². The van der Waals surface area contributed by atoms with Crippen molar-refractivity contribution in [2.24, 2.45) is 0 Å². The molecule has 6 rings (SSSR count). The molecule has 0 spiro atoms. The molecule has 0 N–H and O–H groups in total. The van der Waals surface area contributed by atoms with Crippen molar-refractivity contribution in [1.82, 2.24) is 0 Å². The van der Waals surface area contributed by atoms with Gasteiger partial charge in [-0.25, -0.2) is 0 Å². The van der Waals surface area contributed by atoms with Crippen LogP contribution in [-0.2, 0) is 6.42 Å². The molecule has 0 amide bonds. The lowest BCUT2D eigenvalue weighted by Gasteiger charge is -2.17. The van der Waals surface area contributed by atoms with E-state index in [-0.39, 0.29) is 0 Å². The zero-order chi connectivity index (χ0) is 22.4. The third-order valence-electron chi connectivity index (χ3n) is 6.49. The summed E-state index contributed by atoms with van der Waals surface area (Å²) in [5, 5.41) is 8.02. The summed E-state index contributed by atoms with van der Waals surface area (Å²) in [6.45, 7) is 5.46. The van der Waals surface area contributed by atoms with E-state index in [0.29, 0.717) is 0 Å². The third kappa shape index (κ3) is 3.38. The summed E-state index contributed by atoms with van der Waals surface area (Å²) in [7, 11) is 0. The number of rotatable bonds is 4. The molecule has 33 heavy (non-hydrogen) atoms. The quantitative estimate of drug-likeness (QED) is 0.261. The van der Waals surface area contributed by atoms with E-state index in [1.807, 2.05) is 23.1 Å². The average Bonchev–Trinajstić information content (AvgIpc) is 3.41. The fourth-order valence-corrected chi connectivity index (χ4v) is 7.50. The number of benzene rings is 4. The lowest BCUT2D eigenvalue weighted by atomic mass is 10.0. The van der Waals surface area contributed by atoms with E-state index in [2.05, 4.69) is 110 Å². The molecule has 0 aliphatic carbocycles. The molecule has 0 atom stereocenters. The molecule has 162 valence electrons. The van der Waals surface area contributed by atoms with Crippen molar-refractivity contribution in [2.45, 2.75) is 25.2 Å². The molecule has 1 nitrogen and oxygen atoms in total. The van der Waals surface area contributed by atoms with Gasteiger partial charge in [-0.1, -0.05) is 91.5 Å². The highest BCUT2D eigenvalue weighted by Gasteiger charge is 2.25. The van der Waals surface area contributed by atoms with Crippen LogP contribution in [0.2, 0.25) is 0 Å². The van der Waals surface area contributed by atoms with Crippen molar-refractivity contribution < 1.29 is 0 Å². The summed E-state index contributed by atoms with van der Waals surface area (Å²) in [5.74, 6) is 0. The molecule has 0 unspecified atom stereocenters. The first-order chi connectivity index (χ1) is 16.3. The van der Waals surface area contributed by atoms with Crippen LogP contribution < -0.4 is 4.90 Å². The molecule has 5 aromatic rings. The van der Waals surface area contributed by atoms with E-state index >= 15 is 0 Å².